The second kappa shape index (κ2) is 8.31. The predicted molar refractivity (Wildman–Crippen MR) is 102 cm³/mol. The van der Waals surface area contributed by atoms with Gasteiger partial charge in [0, 0.05) is 18.8 Å². The highest BCUT2D eigenvalue weighted by Gasteiger charge is 2.56. The van der Waals surface area contributed by atoms with Gasteiger partial charge in [-0.2, -0.15) is 0 Å². The van der Waals surface area contributed by atoms with E-state index in [1.54, 1.807) is 39.0 Å². The van der Waals surface area contributed by atoms with E-state index in [1.807, 2.05) is 0 Å². The Morgan fingerprint density at radius 3 is 2.18 bits per heavy atom. The third kappa shape index (κ3) is 4.19. The summed E-state index contributed by atoms with van der Waals surface area (Å²) in [5.41, 5.74) is -2.40. The number of Topliss-reactive ketones (excluding diaryl/α,β-unsaturated/α-hetero) is 2. The number of hydrogen-bond donors (Lipinski definition) is 1. The molecule has 0 radical (unpaired) electrons. The number of rotatable bonds is 7. The van der Waals surface area contributed by atoms with Crippen molar-refractivity contribution < 1.29 is 33.7 Å². The first-order valence-corrected chi connectivity index (χ1v) is 9.25. The van der Waals surface area contributed by atoms with Crippen LogP contribution in [0.25, 0.3) is 0 Å². The summed E-state index contributed by atoms with van der Waals surface area (Å²) in [6, 6.07) is 4.79. The summed E-state index contributed by atoms with van der Waals surface area (Å²) >= 11 is 0. The molecule has 1 aromatic carbocycles. The van der Waals surface area contributed by atoms with Crippen LogP contribution in [0.4, 0.5) is 0 Å². The molecule has 7 nitrogen and oxygen atoms in total. The molecule has 0 spiro atoms. The van der Waals surface area contributed by atoms with E-state index in [2.05, 4.69) is 0 Å². The number of carbonyl (C=O) groups is 3. The number of aliphatic hydroxyl groups is 1. The lowest BCUT2D eigenvalue weighted by Gasteiger charge is -2.41. The predicted octanol–water partition coefficient (Wildman–Crippen LogP) is 2.43. The summed E-state index contributed by atoms with van der Waals surface area (Å²) in [5, 5.41) is 11.3. The van der Waals surface area contributed by atoms with Crippen molar-refractivity contribution in [2.45, 2.75) is 51.6 Å². The van der Waals surface area contributed by atoms with E-state index in [-0.39, 0.29) is 25.9 Å². The van der Waals surface area contributed by atoms with Crippen molar-refractivity contribution in [3.63, 3.8) is 0 Å². The fraction of sp³-hybridized carbons (Fsp3) is 0.571. The molecular weight excluding hydrogens is 364 g/mol. The van der Waals surface area contributed by atoms with Crippen LogP contribution in [0.1, 0.15) is 51.5 Å². The monoisotopic (exact) mass is 392 g/mol. The molecule has 28 heavy (non-hydrogen) atoms. The number of ketones is 2. The van der Waals surface area contributed by atoms with Crippen molar-refractivity contribution in [3.05, 3.63) is 23.8 Å². The molecule has 0 aliphatic heterocycles. The second-order valence-electron chi connectivity index (χ2n) is 7.81. The smallest absolute Gasteiger partial charge is 0.306 e. The third-order valence-electron chi connectivity index (χ3n) is 5.12. The summed E-state index contributed by atoms with van der Waals surface area (Å²) in [5.74, 6) is -2.02. The minimum Gasteiger partial charge on any atom is -0.493 e. The highest BCUT2D eigenvalue weighted by atomic mass is 16.5. The van der Waals surface area contributed by atoms with E-state index < -0.39 is 34.5 Å². The molecule has 1 atom stereocenters. The maximum absolute atomic E-state index is 12.9. The zero-order chi connectivity index (χ0) is 21.1. The molecule has 1 fully saturated rings. The molecule has 154 valence electrons. The lowest BCUT2D eigenvalue weighted by Crippen LogP contribution is -2.57. The van der Waals surface area contributed by atoms with Gasteiger partial charge in [-0.3, -0.25) is 14.4 Å². The van der Waals surface area contributed by atoms with E-state index in [1.165, 1.54) is 14.2 Å². The maximum Gasteiger partial charge on any atom is 0.306 e. The van der Waals surface area contributed by atoms with E-state index in [9.17, 15) is 19.5 Å². The molecule has 7 heteroatoms. The van der Waals surface area contributed by atoms with Gasteiger partial charge in [-0.1, -0.05) is 19.9 Å². The van der Waals surface area contributed by atoms with Crippen molar-refractivity contribution >= 4 is 17.5 Å². The standard InChI is InChI=1S/C21H28O7/c1-6-28-19(24)10-14(13-7-8-15(26-4)16(9-13)27-5)21(25)17(22)11-20(2,3)12-18(21)23/h7-9,14,25H,6,10-12H2,1-5H3. The van der Waals surface area contributed by atoms with Gasteiger partial charge < -0.3 is 19.3 Å². The van der Waals surface area contributed by atoms with Crippen molar-refractivity contribution in [2.75, 3.05) is 20.8 Å². The SMILES string of the molecule is CCOC(=O)CC(c1ccc(OC)c(OC)c1)C1(O)C(=O)CC(C)(C)CC1=O. The van der Waals surface area contributed by atoms with Gasteiger partial charge in [0.15, 0.2) is 28.7 Å². The van der Waals surface area contributed by atoms with Crippen LogP contribution in [0.3, 0.4) is 0 Å². The molecule has 0 saturated heterocycles. The van der Waals surface area contributed by atoms with Gasteiger partial charge >= 0.3 is 5.97 Å². The van der Waals surface area contributed by atoms with Crippen LogP contribution < -0.4 is 9.47 Å². The van der Waals surface area contributed by atoms with Crippen molar-refractivity contribution in [1.82, 2.24) is 0 Å². The minimum atomic E-state index is -2.29. The highest BCUT2D eigenvalue weighted by Crippen LogP contribution is 2.45. The van der Waals surface area contributed by atoms with E-state index in [4.69, 9.17) is 14.2 Å². The third-order valence-corrected chi connectivity index (χ3v) is 5.12. The quantitative estimate of drug-likeness (QED) is 0.562. The Labute approximate surface area is 165 Å². The summed E-state index contributed by atoms with van der Waals surface area (Å²) in [6.07, 6.45) is -0.221. The molecule has 1 aromatic rings. The topological polar surface area (TPSA) is 99.1 Å². The van der Waals surface area contributed by atoms with E-state index in [0.29, 0.717) is 17.1 Å². The summed E-state index contributed by atoms with van der Waals surface area (Å²) in [6.45, 7) is 5.43. The largest absolute Gasteiger partial charge is 0.493 e. The normalized spacial score (nSPS) is 19.1. The average molecular weight is 392 g/mol. The summed E-state index contributed by atoms with van der Waals surface area (Å²) in [7, 11) is 2.94. The van der Waals surface area contributed by atoms with E-state index in [0.717, 1.165) is 0 Å². The number of hydrogen-bond acceptors (Lipinski definition) is 7. The number of methoxy groups -OCH3 is 2. The van der Waals surface area contributed by atoms with Gasteiger partial charge in [-0.15, -0.1) is 0 Å². The van der Waals surface area contributed by atoms with Crippen molar-refractivity contribution in [3.8, 4) is 11.5 Å². The maximum atomic E-state index is 12.9. The molecule has 2 rings (SSSR count). The van der Waals surface area contributed by atoms with Crippen LogP contribution in [0.15, 0.2) is 18.2 Å². The molecule has 0 heterocycles. The first-order valence-electron chi connectivity index (χ1n) is 9.25. The highest BCUT2D eigenvalue weighted by molar-refractivity contribution is 6.13. The zero-order valence-corrected chi connectivity index (χ0v) is 17.0. The molecule has 1 aliphatic carbocycles. The summed E-state index contributed by atoms with van der Waals surface area (Å²) in [4.78, 5) is 38.0. The molecule has 0 bridgehead atoms. The Morgan fingerprint density at radius 2 is 1.68 bits per heavy atom. The second-order valence-corrected chi connectivity index (χ2v) is 7.81. The van der Waals surface area contributed by atoms with Gasteiger partial charge in [-0.25, -0.2) is 0 Å². The van der Waals surface area contributed by atoms with E-state index >= 15 is 0 Å². The molecule has 0 amide bonds. The Morgan fingerprint density at radius 1 is 1.11 bits per heavy atom. The molecule has 1 saturated carbocycles. The number of ether oxygens (including phenoxy) is 3. The first-order chi connectivity index (χ1) is 13.1. The number of benzene rings is 1. The lowest BCUT2D eigenvalue weighted by atomic mass is 9.63. The first kappa shape index (κ1) is 21.9. The van der Waals surface area contributed by atoms with Crippen LogP contribution in [-0.2, 0) is 19.1 Å². The van der Waals surface area contributed by atoms with Crippen LogP contribution in [0, 0.1) is 5.41 Å². The van der Waals surface area contributed by atoms with Crippen LogP contribution in [0.5, 0.6) is 11.5 Å². The molecule has 0 aromatic heterocycles. The number of carbonyl (C=O) groups excluding carboxylic acids is 3. The molecule has 1 aliphatic rings. The molecular formula is C21H28O7. The van der Waals surface area contributed by atoms with Crippen molar-refractivity contribution in [1.29, 1.82) is 0 Å². The Hall–Kier alpha value is -2.41. The van der Waals surface area contributed by atoms with Crippen LogP contribution in [-0.4, -0.2) is 49.1 Å². The van der Waals surface area contributed by atoms with Gasteiger partial charge in [-0.05, 0) is 30.0 Å². The van der Waals surface area contributed by atoms with Gasteiger partial charge in [0.1, 0.15) is 0 Å². The molecule has 1 unspecified atom stereocenters. The van der Waals surface area contributed by atoms with Crippen molar-refractivity contribution in [2.24, 2.45) is 5.41 Å². The van der Waals surface area contributed by atoms with Gasteiger partial charge in [0.2, 0.25) is 0 Å². The fourth-order valence-electron chi connectivity index (χ4n) is 3.71. The van der Waals surface area contributed by atoms with Crippen LogP contribution >= 0.6 is 0 Å². The minimum absolute atomic E-state index is 0.0435. The Balaban J connectivity index is 2.55. The van der Waals surface area contributed by atoms with Crippen LogP contribution in [0.2, 0.25) is 0 Å². The summed E-state index contributed by atoms with van der Waals surface area (Å²) < 4.78 is 15.5. The van der Waals surface area contributed by atoms with Gasteiger partial charge in [0.25, 0.3) is 0 Å². The zero-order valence-electron chi connectivity index (χ0n) is 17.0. The fourth-order valence-corrected chi connectivity index (χ4v) is 3.71. The Bertz CT molecular complexity index is 746. The van der Waals surface area contributed by atoms with Gasteiger partial charge in [0.05, 0.1) is 27.2 Å². The molecule has 1 N–H and O–H groups in total. The Kier molecular flexibility index (Phi) is 6.49. The average Bonchev–Trinajstić information content (AvgIpc) is 2.63. The lowest BCUT2D eigenvalue weighted by molar-refractivity contribution is -0.163. The number of esters is 1.